The van der Waals surface area contributed by atoms with Crippen LogP contribution in [0.1, 0.15) is 10.4 Å². The van der Waals surface area contributed by atoms with Crippen molar-refractivity contribution in [2.75, 3.05) is 13.2 Å². The van der Waals surface area contributed by atoms with Gasteiger partial charge in [0.15, 0.2) is 5.78 Å². The van der Waals surface area contributed by atoms with Crippen LogP contribution in [0.5, 0.6) is 5.75 Å². The number of ether oxygens (including phenoxy) is 1. The summed E-state index contributed by atoms with van der Waals surface area (Å²) in [6.07, 6.45) is -2.56. The number of carbonyl (C=O) groups excluding carboxylic acids is 1. The molecule has 0 heterocycles. The Morgan fingerprint density at radius 2 is 2.00 bits per heavy atom. The summed E-state index contributed by atoms with van der Waals surface area (Å²) in [6.45, 7) is -0.899. The minimum atomic E-state index is -2.56. The third-order valence-corrected chi connectivity index (χ3v) is 1.74. The van der Waals surface area contributed by atoms with Crippen LogP contribution >= 0.6 is 12.4 Å². The van der Waals surface area contributed by atoms with Gasteiger partial charge in [-0.2, -0.15) is 0 Å². The van der Waals surface area contributed by atoms with Crippen molar-refractivity contribution >= 4 is 18.2 Å². The number of hydrogen-bond acceptors (Lipinski definition) is 3. The van der Waals surface area contributed by atoms with E-state index in [4.69, 9.17) is 10.5 Å². The summed E-state index contributed by atoms with van der Waals surface area (Å²) in [6, 6.07) is 6.19. The van der Waals surface area contributed by atoms with Gasteiger partial charge in [-0.15, -0.1) is 12.4 Å². The van der Waals surface area contributed by atoms with Crippen LogP contribution in [0.25, 0.3) is 0 Å². The zero-order valence-corrected chi connectivity index (χ0v) is 9.18. The Labute approximate surface area is 98.0 Å². The number of hydrogen-bond donors (Lipinski definition) is 1. The van der Waals surface area contributed by atoms with Gasteiger partial charge >= 0.3 is 0 Å². The fraction of sp³-hybridized carbons (Fsp3) is 0.300. The van der Waals surface area contributed by atoms with Crippen molar-refractivity contribution in [2.45, 2.75) is 6.43 Å². The quantitative estimate of drug-likeness (QED) is 0.813. The monoisotopic (exact) mass is 251 g/mol. The number of ketones is 1. The van der Waals surface area contributed by atoms with E-state index in [-0.39, 0.29) is 36.0 Å². The van der Waals surface area contributed by atoms with Crippen molar-refractivity contribution in [3.63, 3.8) is 0 Å². The highest BCUT2D eigenvalue weighted by molar-refractivity contribution is 5.99. The number of nitrogens with two attached hydrogens (primary N) is 1. The minimum absolute atomic E-state index is 0. The molecule has 16 heavy (non-hydrogen) atoms. The zero-order chi connectivity index (χ0) is 11.3. The van der Waals surface area contributed by atoms with Gasteiger partial charge in [0.25, 0.3) is 6.43 Å². The van der Waals surface area contributed by atoms with Crippen LogP contribution in [-0.4, -0.2) is 25.4 Å². The number of carbonyl (C=O) groups is 1. The van der Waals surface area contributed by atoms with E-state index in [0.717, 1.165) is 0 Å². The average molecular weight is 252 g/mol. The fourth-order valence-corrected chi connectivity index (χ4v) is 1.09. The molecular formula is C10H12ClF2NO2. The van der Waals surface area contributed by atoms with E-state index in [1.54, 1.807) is 12.1 Å². The molecule has 1 aromatic carbocycles. The first-order chi connectivity index (χ1) is 7.15. The number of halogens is 3. The first-order valence-corrected chi connectivity index (χ1v) is 4.38. The van der Waals surface area contributed by atoms with Crippen LogP contribution < -0.4 is 10.5 Å². The maximum Gasteiger partial charge on any atom is 0.272 e. The van der Waals surface area contributed by atoms with E-state index >= 15 is 0 Å². The Morgan fingerprint density at radius 3 is 2.56 bits per heavy atom. The molecule has 0 fully saturated rings. The van der Waals surface area contributed by atoms with Gasteiger partial charge < -0.3 is 10.5 Å². The van der Waals surface area contributed by atoms with Crippen molar-refractivity contribution in [3.8, 4) is 5.75 Å². The van der Waals surface area contributed by atoms with Gasteiger partial charge in [-0.1, -0.05) is 12.1 Å². The SMILES string of the molecule is Cl.NCC(=O)c1ccccc1OCC(F)F. The van der Waals surface area contributed by atoms with Crippen molar-refractivity contribution in [2.24, 2.45) is 5.73 Å². The third-order valence-electron chi connectivity index (χ3n) is 1.74. The number of alkyl halides is 2. The van der Waals surface area contributed by atoms with E-state index in [1.807, 2.05) is 0 Å². The summed E-state index contributed by atoms with van der Waals surface area (Å²) in [4.78, 5) is 11.3. The largest absolute Gasteiger partial charge is 0.487 e. The topological polar surface area (TPSA) is 52.3 Å². The fourth-order valence-electron chi connectivity index (χ4n) is 1.09. The van der Waals surface area contributed by atoms with Gasteiger partial charge in [0.1, 0.15) is 12.4 Å². The van der Waals surface area contributed by atoms with Crippen LogP contribution in [0.4, 0.5) is 8.78 Å². The second-order valence-corrected chi connectivity index (χ2v) is 2.83. The molecule has 0 amide bonds. The van der Waals surface area contributed by atoms with Crippen LogP contribution in [0, 0.1) is 0 Å². The Kier molecular flexibility index (Phi) is 6.60. The lowest BCUT2D eigenvalue weighted by molar-refractivity contribution is 0.0801. The van der Waals surface area contributed by atoms with Crippen LogP contribution in [0.2, 0.25) is 0 Å². The molecule has 0 saturated carbocycles. The van der Waals surface area contributed by atoms with E-state index in [0.29, 0.717) is 0 Å². The number of Topliss-reactive ketones (excluding diaryl/α,β-unsaturated/α-hetero) is 1. The van der Waals surface area contributed by atoms with Crippen molar-refractivity contribution < 1.29 is 18.3 Å². The zero-order valence-electron chi connectivity index (χ0n) is 8.36. The maximum atomic E-state index is 11.9. The molecule has 0 spiro atoms. The van der Waals surface area contributed by atoms with Gasteiger partial charge in [0, 0.05) is 0 Å². The second kappa shape index (κ2) is 7.14. The van der Waals surface area contributed by atoms with Crippen LogP contribution in [0.3, 0.4) is 0 Å². The molecule has 0 atom stereocenters. The predicted molar refractivity (Wildman–Crippen MR) is 58.6 cm³/mol. The minimum Gasteiger partial charge on any atom is -0.487 e. The highest BCUT2D eigenvalue weighted by Crippen LogP contribution is 2.18. The predicted octanol–water partition coefficient (Wildman–Crippen LogP) is 1.89. The van der Waals surface area contributed by atoms with Gasteiger partial charge in [-0.05, 0) is 12.1 Å². The molecule has 0 aromatic heterocycles. The summed E-state index contributed by atoms with van der Waals surface area (Å²) in [7, 11) is 0. The molecule has 3 nitrogen and oxygen atoms in total. The molecule has 0 aliphatic rings. The smallest absolute Gasteiger partial charge is 0.272 e. The summed E-state index contributed by atoms with van der Waals surface area (Å²) in [5.41, 5.74) is 5.41. The molecule has 2 N–H and O–H groups in total. The lowest BCUT2D eigenvalue weighted by atomic mass is 10.1. The summed E-state index contributed by atoms with van der Waals surface area (Å²) < 4.78 is 28.6. The van der Waals surface area contributed by atoms with E-state index in [9.17, 15) is 13.6 Å². The van der Waals surface area contributed by atoms with Crippen LogP contribution in [0.15, 0.2) is 24.3 Å². The number of benzene rings is 1. The second-order valence-electron chi connectivity index (χ2n) is 2.83. The molecular weight excluding hydrogens is 240 g/mol. The van der Waals surface area contributed by atoms with Crippen molar-refractivity contribution in [1.29, 1.82) is 0 Å². The van der Waals surface area contributed by atoms with E-state index in [1.165, 1.54) is 12.1 Å². The highest BCUT2D eigenvalue weighted by atomic mass is 35.5. The average Bonchev–Trinajstić information content (AvgIpc) is 2.25. The Bertz CT molecular complexity index is 347. The van der Waals surface area contributed by atoms with Gasteiger partial charge in [-0.3, -0.25) is 4.79 Å². The molecule has 1 aromatic rings. The normalized spacial score (nSPS) is 9.75. The summed E-state index contributed by atoms with van der Waals surface area (Å²) in [5.74, 6) is -0.187. The van der Waals surface area contributed by atoms with Gasteiger partial charge in [0.2, 0.25) is 0 Å². The third kappa shape index (κ3) is 4.12. The molecule has 1 rings (SSSR count). The molecule has 0 radical (unpaired) electrons. The van der Waals surface area contributed by atoms with Gasteiger partial charge in [0.05, 0.1) is 12.1 Å². The molecule has 0 saturated heterocycles. The molecule has 90 valence electrons. The highest BCUT2D eigenvalue weighted by Gasteiger charge is 2.11. The molecule has 0 unspecified atom stereocenters. The summed E-state index contributed by atoms with van der Waals surface area (Å²) >= 11 is 0. The van der Waals surface area contributed by atoms with Crippen molar-refractivity contribution in [3.05, 3.63) is 29.8 Å². The standard InChI is InChI=1S/C10H11F2NO2.ClH/c11-10(12)6-15-9-4-2-1-3-7(9)8(14)5-13;/h1-4,10H,5-6,13H2;1H. The number of rotatable bonds is 5. The Hall–Kier alpha value is -1.20. The molecule has 0 bridgehead atoms. The first kappa shape index (κ1) is 14.8. The van der Waals surface area contributed by atoms with E-state index < -0.39 is 13.0 Å². The van der Waals surface area contributed by atoms with Gasteiger partial charge in [-0.25, -0.2) is 8.78 Å². The maximum absolute atomic E-state index is 11.9. The first-order valence-electron chi connectivity index (χ1n) is 4.38. The Balaban J connectivity index is 0.00000225. The lowest BCUT2D eigenvalue weighted by Crippen LogP contribution is -2.16. The molecule has 0 aliphatic carbocycles. The molecule has 0 aliphatic heterocycles. The number of para-hydroxylation sites is 1. The Morgan fingerprint density at radius 1 is 1.38 bits per heavy atom. The van der Waals surface area contributed by atoms with Crippen molar-refractivity contribution in [1.82, 2.24) is 0 Å². The molecule has 6 heteroatoms. The van der Waals surface area contributed by atoms with E-state index in [2.05, 4.69) is 0 Å². The van der Waals surface area contributed by atoms with Crippen LogP contribution in [-0.2, 0) is 0 Å². The summed E-state index contributed by atoms with van der Waals surface area (Å²) in [5, 5.41) is 0. The lowest BCUT2D eigenvalue weighted by Gasteiger charge is -2.09.